The summed E-state index contributed by atoms with van der Waals surface area (Å²) >= 11 is 0. The van der Waals surface area contributed by atoms with Crippen molar-refractivity contribution in [2.45, 2.75) is 205 Å². The van der Waals surface area contributed by atoms with E-state index in [1.807, 2.05) is 20.8 Å². The number of phenolic OH excluding ortho intramolecular Hbond substituents is 4. The molecule has 2 heterocycles. The fourth-order valence-corrected chi connectivity index (χ4v) is 14.8. The Bertz CT molecular complexity index is 4150. The number of ketones is 8. The molecule has 2 amide bonds. The van der Waals surface area contributed by atoms with Crippen LogP contribution in [0.1, 0.15) is 224 Å². The molecule has 4 aromatic carbocycles. The average Bonchev–Trinajstić information content (AvgIpc) is 0.716. The van der Waals surface area contributed by atoms with E-state index < -0.39 is 197 Å². The van der Waals surface area contributed by atoms with Gasteiger partial charge in [-0.2, -0.15) is 0 Å². The minimum Gasteiger partial charge on any atom is -0.507 e. The molecule has 30 heteroatoms. The Morgan fingerprint density at radius 2 is 0.991 bits per heavy atom. The first-order chi connectivity index (χ1) is 50.8. The molecular formula is C78H98N2O28. The smallest absolute Gasteiger partial charge is 0.220 e. The summed E-state index contributed by atoms with van der Waals surface area (Å²) in [5.74, 6) is -10.0. The lowest BCUT2D eigenvalue weighted by Gasteiger charge is -2.43. The molecule has 0 spiro atoms. The van der Waals surface area contributed by atoms with Crippen LogP contribution in [0.25, 0.3) is 0 Å². The number of methoxy groups -OCH3 is 2. The van der Waals surface area contributed by atoms with Crippen LogP contribution in [0, 0.1) is 16.7 Å². The molecule has 2 saturated heterocycles. The van der Waals surface area contributed by atoms with Gasteiger partial charge in [-0.15, -0.1) is 0 Å². The van der Waals surface area contributed by atoms with Gasteiger partial charge in [-0.05, 0) is 49.1 Å². The van der Waals surface area contributed by atoms with Crippen LogP contribution >= 0.6 is 0 Å². The number of phenols is 4. The number of fused-ring (bicyclic) bond motifs is 6. The van der Waals surface area contributed by atoms with E-state index in [0.29, 0.717) is 26.2 Å². The van der Waals surface area contributed by atoms with Gasteiger partial charge in [0.25, 0.3) is 0 Å². The molecule has 10 rings (SSSR count). The standard InChI is InChI=1S/C42H55NO15.C36H43NO13/c1-22-36(48)23(17-24(45)9-10-30(47)43-12-14-56-16-15-55-13-11-41(2,3)4)18-31(57-22)58-28-20-42(53,29(46)21-44)19-26-33(28)40(52)35-34(38(26)50)37(49)25-7-6-8-27(54-5)32(25)39(35)51;1-16-30(42)20(37-24(41)10-9-17(39)12-35(2,3)4)11-25(49-16)50-22-14-36(47,23(40)15-38)13-19-27(22)34(46)29-28(32(19)44)31(43)18-7-6-8-21(48-5)26(18)33(29)45/h6-8,22-23,28,31,36,44,48,50,52-53H,9-21H2,1-5H3,(H,43,47);6-8,16,20,22,25,30,38,42,44,46-47H,9-15H2,1-5H3,(H,37,41)/t22-,23-,28-,31-,36+,42-;16-,20-,22-,25-,30+,36-/m00/s1. The lowest BCUT2D eigenvalue weighted by Crippen LogP contribution is -2.55. The van der Waals surface area contributed by atoms with Crippen molar-refractivity contribution < 1.29 is 137 Å². The van der Waals surface area contributed by atoms with Crippen molar-refractivity contribution in [1.29, 1.82) is 0 Å². The van der Waals surface area contributed by atoms with E-state index in [1.54, 1.807) is 6.92 Å². The molecule has 4 aliphatic carbocycles. The van der Waals surface area contributed by atoms with Crippen molar-refractivity contribution >= 4 is 58.1 Å². The summed E-state index contributed by atoms with van der Waals surface area (Å²) in [6, 6.07) is 7.71. The molecule has 12 N–H and O–H groups in total. The quantitative estimate of drug-likeness (QED) is 0.0236. The van der Waals surface area contributed by atoms with Crippen molar-refractivity contribution in [3.8, 4) is 34.5 Å². The minimum atomic E-state index is -2.34. The van der Waals surface area contributed by atoms with Crippen LogP contribution in [-0.2, 0) is 70.0 Å². The van der Waals surface area contributed by atoms with E-state index in [2.05, 4.69) is 31.4 Å². The van der Waals surface area contributed by atoms with Crippen molar-refractivity contribution in [1.82, 2.24) is 10.6 Å². The summed E-state index contributed by atoms with van der Waals surface area (Å²) < 4.78 is 45.9. The van der Waals surface area contributed by atoms with Gasteiger partial charge in [0.1, 0.15) is 76.6 Å². The summed E-state index contributed by atoms with van der Waals surface area (Å²) in [7, 11) is 2.61. The van der Waals surface area contributed by atoms with Gasteiger partial charge in [-0.25, -0.2) is 0 Å². The molecule has 588 valence electrons. The second kappa shape index (κ2) is 34.2. The lowest BCUT2D eigenvalue weighted by molar-refractivity contribution is -0.257. The van der Waals surface area contributed by atoms with Gasteiger partial charge in [0, 0.05) is 124 Å². The zero-order chi connectivity index (χ0) is 79.4. The number of Topliss-reactive ketones (excluding diaryl/α,β-unsaturated/α-hetero) is 4. The first kappa shape index (κ1) is 83.5. The minimum absolute atomic E-state index is 0.0128. The highest BCUT2D eigenvalue weighted by atomic mass is 16.7. The Balaban J connectivity index is 0.000000252. The van der Waals surface area contributed by atoms with E-state index in [0.717, 1.165) is 6.42 Å². The number of aromatic hydroxyl groups is 4. The molecular weight excluding hydrogens is 1410 g/mol. The summed E-state index contributed by atoms with van der Waals surface area (Å²) in [5, 5.41) is 116. The van der Waals surface area contributed by atoms with Crippen LogP contribution < -0.4 is 20.1 Å². The Labute approximate surface area is 623 Å². The van der Waals surface area contributed by atoms with Gasteiger partial charge in [0.15, 0.2) is 35.7 Å². The van der Waals surface area contributed by atoms with Crippen LogP contribution in [0.2, 0.25) is 0 Å². The second-order valence-electron chi connectivity index (χ2n) is 30.8. The number of aliphatic hydroxyl groups excluding tert-OH is 4. The Morgan fingerprint density at radius 1 is 0.546 bits per heavy atom. The van der Waals surface area contributed by atoms with Crippen molar-refractivity contribution in [3.05, 3.63) is 103 Å². The highest BCUT2D eigenvalue weighted by Crippen LogP contribution is 2.55. The number of carbonyl (C=O) groups is 10. The molecule has 2 aliphatic heterocycles. The molecule has 12 atom stereocenters. The number of hydrogen-bond donors (Lipinski definition) is 12. The fourth-order valence-electron chi connectivity index (χ4n) is 14.8. The normalized spacial score (nSPS) is 25.0. The van der Waals surface area contributed by atoms with E-state index in [-0.39, 0.29) is 142 Å². The predicted octanol–water partition coefficient (Wildman–Crippen LogP) is 4.56. The Kier molecular flexibility index (Phi) is 26.4. The molecule has 0 unspecified atom stereocenters. The number of nitrogens with one attached hydrogen (secondary N) is 2. The van der Waals surface area contributed by atoms with E-state index in [9.17, 15) is 99.0 Å². The monoisotopic (exact) mass is 1510 g/mol. The topological polar surface area (TPSA) is 471 Å². The predicted molar refractivity (Wildman–Crippen MR) is 379 cm³/mol. The molecule has 0 aromatic heterocycles. The SMILES string of the molecule is COc1cccc2c1C(=O)c1c(O)c3c(c(O)c1C2=O)C[C@@](O)(C(=O)CO)C[C@@H]3O[C@H]1C[C@H](CC(=O)CCC(=O)NCCOCCOCCC(C)(C)C)[C@H](O)[C@H](C)O1.COc1cccc2c1C(=O)c1c(O)c3c(c(O)c1C2=O)C[C@@](O)(C(=O)CO)C[C@@H]3O[C@H]1C[C@H](NC(=O)CCC(=O)CC(C)(C)C)[C@H](O)[C@H](C)O1. The lowest BCUT2D eigenvalue weighted by atomic mass is 9.72. The van der Waals surface area contributed by atoms with Crippen LogP contribution in [-0.4, -0.2) is 224 Å². The first-order valence-electron chi connectivity index (χ1n) is 36.0. The number of ether oxygens (including phenoxy) is 8. The fraction of sp³-hybridized carbons (Fsp3) is 0.564. The van der Waals surface area contributed by atoms with Crippen molar-refractivity contribution in [3.63, 3.8) is 0 Å². The molecule has 0 radical (unpaired) electrons. The molecule has 30 nitrogen and oxygen atoms in total. The summed E-state index contributed by atoms with van der Waals surface area (Å²) in [6.07, 6.45) is -11.2. The van der Waals surface area contributed by atoms with Crippen LogP contribution in [0.15, 0.2) is 36.4 Å². The maximum absolute atomic E-state index is 13.9. The Hall–Kier alpha value is -8.50. The third-order valence-electron chi connectivity index (χ3n) is 20.4. The van der Waals surface area contributed by atoms with Gasteiger partial charge in [0.05, 0.1) is 104 Å². The van der Waals surface area contributed by atoms with E-state index >= 15 is 0 Å². The third-order valence-corrected chi connectivity index (χ3v) is 20.4. The maximum Gasteiger partial charge on any atom is 0.220 e. The van der Waals surface area contributed by atoms with Gasteiger partial charge in [0.2, 0.25) is 23.4 Å². The van der Waals surface area contributed by atoms with E-state index in [4.69, 9.17) is 37.9 Å². The summed E-state index contributed by atoms with van der Waals surface area (Å²) in [5.41, 5.74) is -8.09. The molecule has 2 fully saturated rings. The number of amides is 2. The van der Waals surface area contributed by atoms with E-state index in [1.165, 1.54) is 57.5 Å². The second-order valence-corrected chi connectivity index (χ2v) is 30.8. The van der Waals surface area contributed by atoms with Crippen molar-refractivity contribution in [2.24, 2.45) is 16.7 Å². The third kappa shape index (κ3) is 18.2. The number of hydrogen-bond acceptors (Lipinski definition) is 28. The molecule has 4 aromatic rings. The number of aliphatic hydroxyl groups is 6. The van der Waals surface area contributed by atoms with Crippen molar-refractivity contribution in [2.75, 3.05) is 60.4 Å². The van der Waals surface area contributed by atoms with Gasteiger partial charge in [-0.3, -0.25) is 47.9 Å². The first-order valence-corrected chi connectivity index (χ1v) is 36.0. The number of benzene rings is 4. The number of rotatable bonds is 28. The van der Waals surface area contributed by atoms with Crippen LogP contribution in [0.5, 0.6) is 34.5 Å². The zero-order valence-corrected chi connectivity index (χ0v) is 62.2. The molecule has 108 heavy (non-hydrogen) atoms. The Morgan fingerprint density at radius 3 is 1.45 bits per heavy atom. The van der Waals surface area contributed by atoms with Crippen LogP contribution in [0.4, 0.5) is 0 Å². The highest BCUT2D eigenvalue weighted by Gasteiger charge is 2.53. The van der Waals surface area contributed by atoms with Crippen LogP contribution in [0.3, 0.4) is 0 Å². The van der Waals surface area contributed by atoms with Gasteiger partial charge in [-0.1, -0.05) is 65.8 Å². The summed E-state index contributed by atoms with van der Waals surface area (Å²) in [6.45, 7) is 15.1. The maximum atomic E-state index is 13.9. The average molecular weight is 1510 g/mol. The zero-order valence-electron chi connectivity index (χ0n) is 62.2. The largest absolute Gasteiger partial charge is 0.507 e. The van der Waals surface area contributed by atoms with Gasteiger partial charge >= 0.3 is 0 Å². The molecule has 0 saturated carbocycles. The molecule has 0 bridgehead atoms. The van der Waals surface area contributed by atoms with Gasteiger partial charge < -0.3 is 99.6 Å². The molecule has 6 aliphatic rings. The number of carbonyl (C=O) groups excluding carboxylic acids is 10. The highest BCUT2D eigenvalue weighted by molar-refractivity contribution is 6.32. The summed E-state index contributed by atoms with van der Waals surface area (Å²) in [4.78, 5) is 132.